The predicted molar refractivity (Wildman–Crippen MR) is 73.7 cm³/mol. The molecule has 2 amide bonds. The number of nitrogens with zero attached hydrogens (tertiary/aromatic N) is 1. The van der Waals surface area contributed by atoms with Crippen LogP contribution >= 0.6 is 0 Å². The van der Waals surface area contributed by atoms with Gasteiger partial charge in [0, 0.05) is 30.2 Å². The Labute approximate surface area is 110 Å². The fourth-order valence-corrected chi connectivity index (χ4v) is 3.61. The van der Waals surface area contributed by atoms with Gasteiger partial charge in [-0.05, 0) is 53.4 Å². The van der Waals surface area contributed by atoms with E-state index in [1.165, 1.54) is 0 Å². The van der Waals surface area contributed by atoms with Gasteiger partial charge in [0.05, 0.1) is 0 Å². The number of urea groups is 1. The van der Waals surface area contributed by atoms with Gasteiger partial charge in [0.25, 0.3) is 0 Å². The Balaban J connectivity index is 1.94. The summed E-state index contributed by atoms with van der Waals surface area (Å²) in [7, 11) is 0. The van der Waals surface area contributed by atoms with Gasteiger partial charge < -0.3 is 15.5 Å². The number of carbonyl (C=O) groups is 1. The first-order valence-corrected chi connectivity index (χ1v) is 7.12. The molecule has 0 spiro atoms. The van der Waals surface area contributed by atoms with Gasteiger partial charge in [-0.2, -0.15) is 0 Å². The Hall–Kier alpha value is -0.770. The fraction of sp³-hybridized carbons (Fsp3) is 0.929. The summed E-state index contributed by atoms with van der Waals surface area (Å²) in [6, 6.07) is 0.412. The highest BCUT2D eigenvalue weighted by Crippen LogP contribution is 2.28. The topological polar surface area (TPSA) is 44.4 Å². The Morgan fingerprint density at radius 2 is 1.61 bits per heavy atom. The summed E-state index contributed by atoms with van der Waals surface area (Å²) in [4.78, 5) is 14.1. The second kappa shape index (κ2) is 4.72. The van der Waals surface area contributed by atoms with Crippen molar-refractivity contribution >= 4 is 6.03 Å². The van der Waals surface area contributed by atoms with Crippen molar-refractivity contribution in [2.24, 2.45) is 0 Å². The van der Waals surface area contributed by atoms with Gasteiger partial charge in [0.2, 0.25) is 0 Å². The maximum Gasteiger partial charge on any atom is 0.317 e. The second-order valence-corrected chi connectivity index (χ2v) is 7.14. The molecule has 18 heavy (non-hydrogen) atoms. The molecule has 0 aromatic heterocycles. The predicted octanol–water partition coefficient (Wildman–Crippen LogP) is 2.10. The van der Waals surface area contributed by atoms with Crippen molar-refractivity contribution in [3.8, 4) is 0 Å². The Morgan fingerprint density at radius 1 is 1.11 bits per heavy atom. The van der Waals surface area contributed by atoms with E-state index in [1.54, 1.807) is 0 Å². The lowest BCUT2D eigenvalue weighted by molar-refractivity contribution is 0.141. The molecule has 0 aromatic rings. The van der Waals surface area contributed by atoms with Gasteiger partial charge in [-0.15, -0.1) is 0 Å². The van der Waals surface area contributed by atoms with Crippen LogP contribution in [-0.2, 0) is 0 Å². The Bertz CT molecular complexity index is 303. The zero-order valence-electron chi connectivity index (χ0n) is 12.2. The Morgan fingerprint density at radius 3 is 2.11 bits per heavy atom. The van der Waals surface area contributed by atoms with E-state index in [1.807, 2.05) is 4.90 Å². The molecule has 104 valence electrons. The van der Waals surface area contributed by atoms with Crippen LogP contribution in [0.15, 0.2) is 0 Å². The van der Waals surface area contributed by atoms with E-state index in [2.05, 4.69) is 38.3 Å². The monoisotopic (exact) mass is 253 g/mol. The minimum atomic E-state index is 0.0880. The van der Waals surface area contributed by atoms with Crippen LogP contribution in [0.3, 0.4) is 0 Å². The van der Waals surface area contributed by atoms with Gasteiger partial charge in [-0.3, -0.25) is 0 Å². The van der Waals surface area contributed by atoms with E-state index in [0.29, 0.717) is 0 Å². The standard InChI is InChI=1S/C14H27N3O/c1-13(2)9-11(10-14(3,4)16-13)15-12(18)17-7-5-6-8-17/h11,16H,5-10H2,1-4H3,(H,15,18). The normalized spacial score (nSPS) is 27.2. The van der Waals surface area contributed by atoms with Crippen LogP contribution in [0.25, 0.3) is 0 Å². The van der Waals surface area contributed by atoms with E-state index < -0.39 is 0 Å². The summed E-state index contributed by atoms with van der Waals surface area (Å²) >= 11 is 0. The molecule has 0 aromatic carbocycles. The minimum Gasteiger partial charge on any atom is -0.335 e. The highest BCUT2D eigenvalue weighted by molar-refractivity contribution is 5.74. The number of nitrogens with one attached hydrogen (secondary N) is 2. The second-order valence-electron chi connectivity index (χ2n) is 7.14. The van der Waals surface area contributed by atoms with Crippen molar-refractivity contribution in [1.29, 1.82) is 0 Å². The van der Waals surface area contributed by atoms with Gasteiger partial charge in [-0.1, -0.05) is 0 Å². The van der Waals surface area contributed by atoms with Crippen LogP contribution in [0.4, 0.5) is 4.79 Å². The van der Waals surface area contributed by atoms with Crippen LogP contribution < -0.4 is 10.6 Å². The highest BCUT2D eigenvalue weighted by atomic mass is 16.2. The lowest BCUT2D eigenvalue weighted by Crippen LogP contribution is -2.62. The van der Waals surface area contributed by atoms with Crippen molar-refractivity contribution in [1.82, 2.24) is 15.5 Å². The maximum absolute atomic E-state index is 12.1. The molecule has 0 unspecified atom stereocenters. The van der Waals surface area contributed by atoms with E-state index in [0.717, 1.165) is 38.8 Å². The van der Waals surface area contributed by atoms with Gasteiger partial charge in [0.15, 0.2) is 0 Å². The smallest absolute Gasteiger partial charge is 0.317 e. The number of piperidine rings is 1. The first-order chi connectivity index (χ1) is 8.27. The SMILES string of the molecule is CC1(C)CC(NC(=O)N2CCCC2)CC(C)(C)N1. The van der Waals surface area contributed by atoms with E-state index in [-0.39, 0.29) is 23.2 Å². The molecule has 2 rings (SSSR count). The molecule has 4 nitrogen and oxygen atoms in total. The summed E-state index contributed by atoms with van der Waals surface area (Å²) in [5.74, 6) is 0. The van der Waals surface area contributed by atoms with E-state index in [4.69, 9.17) is 0 Å². The van der Waals surface area contributed by atoms with Crippen LogP contribution in [-0.4, -0.2) is 41.1 Å². The van der Waals surface area contributed by atoms with E-state index in [9.17, 15) is 4.79 Å². The van der Waals surface area contributed by atoms with Crippen LogP contribution in [0.2, 0.25) is 0 Å². The summed E-state index contributed by atoms with van der Waals surface area (Å²) < 4.78 is 0. The van der Waals surface area contributed by atoms with Crippen molar-refractivity contribution < 1.29 is 4.79 Å². The minimum absolute atomic E-state index is 0.0880. The molecular formula is C14H27N3O. The number of hydrogen-bond donors (Lipinski definition) is 2. The molecule has 2 aliphatic rings. The highest BCUT2D eigenvalue weighted by Gasteiger charge is 2.38. The quantitative estimate of drug-likeness (QED) is 0.751. The van der Waals surface area contributed by atoms with Crippen LogP contribution in [0, 0.1) is 0 Å². The largest absolute Gasteiger partial charge is 0.335 e. The van der Waals surface area contributed by atoms with Crippen molar-refractivity contribution in [2.75, 3.05) is 13.1 Å². The zero-order chi connectivity index (χ0) is 13.4. The summed E-state index contributed by atoms with van der Waals surface area (Å²) in [6.45, 7) is 10.7. The number of hydrogen-bond acceptors (Lipinski definition) is 2. The van der Waals surface area contributed by atoms with Gasteiger partial charge >= 0.3 is 6.03 Å². The molecule has 0 bridgehead atoms. The maximum atomic E-state index is 12.1. The molecule has 0 atom stereocenters. The third-order valence-electron chi connectivity index (χ3n) is 3.91. The molecule has 0 saturated carbocycles. The van der Waals surface area contributed by atoms with E-state index >= 15 is 0 Å². The number of rotatable bonds is 1. The number of likely N-dealkylation sites (tertiary alicyclic amines) is 1. The summed E-state index contributed by atoms with van der Waals surface area (Å²) in [6.07, 6.45) is 4.29. The molecular weight excluding hydrogens is 226 g/mol. The summed E-state index contributed by atoms with van der Waals surface area (Å²) in [5, 5.41) is 6.86. The molecule has 0 radical (unpaired) electrons. The lowest BCUT2D eigenvalue weighted by Gasteiger charge is -2.46. The van der Waals surface area contributed by atoms with Crippen molar-refractivity contribution in [2.45, 2.75) is 70.5 Å². The van der Waals surface area contributed by atoms with Crippen LogP contribution in [0.5, 0.6) is 0 Å². The average Bonchev–Trinajstić information content (AvgIpc) is 2.63. The number of amides is 2. The van der Waals surface area contributed by atoms with Crippen molar-refractivity contribution in [3.05, 3.63) is 0 Å². The average molecular weight is 253 g/mol. The fourth-order valence-electron chi connectivity index (χ4n) is 3.61. The Kier molecular flexibility index (Phi) is 3.58. The molecule has 4 heteroatoms. The van der Waals surface area contributed by atoms with Crippen molar-refractivity contribution in [3.63, 3.8) is 0 Å². The zero-order valence-corrected chi connectivity index (χ0v) is 12.2. The molecule has 2 heterocycles. The molecule has 2 N–H and O–H groups in total. The first-order valence-electron chi connectivity index (χ1n) is 7.12. The summed E-state index contributed by atoms with van der Waals surface area (Å²) in [5.41, 5.74) is 0.176. The van der Waals surface area contributed by atoms with Gasteiger partial charge in [0.1, 0.15) is 0 Å². The lowest BCUT2D eigenvalue weighted by atomic mass is 9.80. The third kappa shape index (κ3) is 3.37. The third-order valence-corrected chi connectivity index (χ3v) is 3.91. The molecule has 0 aliphatic carbocycles. The number of carbonyl (C=O) groups excluding carboxylic acids is 1. The van der Waals surface area contributed by atoms with Crippen LogP contribution in [0.1, 0.15) is 53.4 Å². The molecule has 2 aliphatic heterocycles. The molecule has 2 saturated heterocycles. The first kappa shape index (κ1) is 13.7. The van der Waals surface area contributed by atoms with Gasteiger partial charge in [-0.25, -0.2) is 4.79 Å². The molecule has 2 fully saturated rings.